The maximum atomic E-state index is 11.5. The van der Waals surface area contributed by atoms with Gasteiger partial charge in [0.25, 0.3) is 0 Å². The molecule has 1 aliphatic carbocycles. The molecular weight excluding hydrogens is 314 g/mol. The van der Waals surface area contributed by atoms with Gasteiger partial charge in [-0.15, -0.1) is 0 Å². The second kappa shape index (κ2) is 4.98. The minimum Gasteiger partial charge on any atom is -0.481 e. The van der Waals surface area contributed by atoms with Crippen LogP contribution in [0, 0.1) is 6.92 Å². The van der Waals surface area contributed by atoms with Gasteiger partial charge < -0.3 is 14.8 Å². The van der Waals surface area contributed by atoms with Crippen LogP contribution in [0.2, 0.25) is 5.02 Å². The number of aryl methyl sites for hydroxylation is 1. The molecule has 1 aromatic heterocycles. The molecule has 0 fully saturated rings. The minimum atomic E-state index is -0.955. The second-order valence-corrected chi connectivity index (χ2v) is 6.48. The fourth-order valence-corrected chi connectivity index (χ4v) is 3.87. The van der Waals surface area contributed by atoms with Gasteiger partial charge in [-0.05, 0) is 36.1 Å². The average molecular weight is 330 g/mol. The van der Waals surface area contributed by atoms with E-state index in [9.17, 15) is 9.90 Å². The Kier molecular flexibility index (Phi) is 3.15. The summed E-state index contributed by atoms with van der Waals surface area (Å²) in [5.74, 6) is -0.888. The molecule has 2 aromatic rings. The number of benzene rings is 1. The first kappa shape index (κ1) is 14.5. The zero-order valence-electron chi connectivity index (χ0n) is 12.6. The first-order valence-corrected chi connectivity index (χ1v) is 7.95. The Morgan fingerprint density at radius 2 is 2.26 bits per heavy atom. The lowest BCUT2D eigenvalue weighted by Gasteiger charge is -2.39. The second-order valence-electron chi connectivity index (χ2n) is 6.07. The van der Waals surface area contributed by atoms with Crippen molar-refractivity contribution in [2.75, 3.05) is 6.61 Å². The maximum Gasteiger partial charge on any atom is 0.307 e. The zero-order valence-corrected chi connectivity index (χ0v) is 13.4. The van der Waals surface area contributed by atoms with E-state index in [1.807, 2.05) is 37.3 Å². The Balaban J connectivity index is 2.02. The third kappa shape index (κ3) is 1.98. The molecule has 23 heavy (non-hydrogen) atoms. The highest BCUT2D eigenvalue weighted by Crippen LogP contribution is 2.47. The molecule has 0 spiro atoms. The van der Waals surface area contributed by atoms with Crippen molar-refractivity contribution >= 4 is 28.5 Å². The van der Waals surface area contributed by atoms with Crippen LogP contribution in [-0.4, -0.2) is 22.7 Å². The monoisotopic (exact) mass is 329 g/mol. The van der Waals surface area contributed by atoms with E-state index in [1.165, 1.54) is 0 Å². The number of aromatic nitrogens is 1. The van der Waals surface area contributed by atoms with Gasteiger partial charge in [-0.3, -0.25) is 4.79 Å². The van der Waals surface area contributed by atoms with Crippen LogP contribution in [0.1, 0.15) is 23.2 Å². The number of carboxylic acids is 1. The smallest absolute Gasteiger partial charge is 0.307 e. The molecular formula is C18H16ClNO3. The Hall–Kier alpha value is -2.04. The molecule has 1 unspecified atom stereocenters. The number of aliphatic carboxylic acids is 1. The van der Waals surface area contributed by atoms with Crippen molar-refractivity contribution in [2.24, 2.45) is 0 Å². The van der Waals surface area contributed by atoms with Crippen molar-refractivity contribution < 1.29 is 14.6 Å². The van der Waals surface area contributed by atoms with Gasteiger partial charge in [-0.1, -0.05) is 35.9 Å². The van der Waals surface area contributed by atoms with Gasteiger partial charge in [0.05, 0.1) is 29.3 Å². The van der Waals surface area contributed by atoms with Gasteiger partial charge in [0.15, 0.2) is 0 Å². The molecule has 0 amide bonds. The summed E-state index contributed by atoms with van der Waals surface area (Å²) in [7, 11) is 0. The van der Waals surface area contributed by atoms with E-state index in [2.05, 4.69) is 4.98 Å². The normalized spacial score (nSPS) is 22.6. The van der Waals surface area contributed by atoms with Crippen LogP contribution in [0.5, 0.6) is 0 Å². The molecule has 1 atom stereocenters. The van der Waals surface area contributed by atoms with E-state index >= 15 is 0 Å². The average Bonchev–Trinajstić information content (AvgIpc) is 2.83. The fourth-order valence-electron chi connectivity index (χ4n) is 3.60. The predicted octanol–water partition coefficient (Wildman–Crippen LogP) is 3.87. The number of hydrogen-bond acceptors (Lipinski definition) is 2. The van der Waals surface area contributed by atoms with Crippen LogP contribution in [-0.2, 0) is 21.6 Å². The summed E-state index contributed by atoms with van der Waals surface area (Å²) in [6, 6.07) is 3.86. The Morgan fingerprint density at radius 3 is 2.91 bits per heavy atom. The van der Waals surface area contributed by atoms with Crippen molar-refractivity contribution in [3.05, 3.63) is 57.8 Å². The molecule has 4 nitrogen and oxygen atoms in total. The van der Waals surface area contributed by atoms with Gasteiger partial charge in [0.2, 0.25) is 0 Å². The van der Waals surface area contributed by atoms with Crippen LogP contribution < -0.4 is 0 Å². The van der Waals surface area contributed by atoms with Crippen molar-refractivity contribution in [3.8, 4) is 0 Å². The quantitative estimate of drug-likeness (QED) is 0.898. The molecule has 4 rings (SSSR count). The van der Waals surface area contributed by atoms with Gasteiger partial charge in [-0.2, -0.15) is 0 Å². The van der Waals surface area contributed by atoms with E-state index in [-0.39, 0.29) is 6.42 Å². The van der Waals surface area contributed by atoms with Crippen LogP contribution in [0.25, 0.3) is 10.9 Å². The van der Waals surface area contributed by atoms with Crippen molar-refractivity contribution in [3.63, 3.8) is 0 Å². The summed E-state index contributed by atoms with van der Waals surface area (Å²) in [5, 5.41) is 11.1. The van der Waals surface area contributed by atoms with E-state index in [0.29, 0.717) is 11.6 Å². The summed E-state index contributed by atoms with van der Waals surface area (Å²) >= 11 is 6.43. The summed E-state index contributed by atoms with van der Waals surface area (Å²) in [5.41, 5.74) is 3.88. The Bertz CT molecular complexity index is 893. The van der Waals surface area contributed by atoms with Gasteiger partial charge in [0.1, 0.15) is 5.60 Å². The maximum absolute atomic E-state index is 11.5. The van der Waals surface area contributed by atoms with E-state index in [4.69, 9.17) is 16.3 Å². The van der Waals surface area contributed by atoms with Crippen LogP contribution in [0.15, 0.2) is 35.9 Å². The first-order valence-electron chi connectivity index (χ1n) is 7.57. The molecule has 2 aliphatic rings. The molecule has 0 bridgehead atoms. The fraction of sp³-hybridized carbons (Fsp3) is 0.278. The number of fused-ring (bicyclic) bond motifs is 3. The summed E-state index contributed by atoms with van der Waals surface area (Å²) in [6.45, 7) is 2.49. The topological polar surface area (TPSA) is 62.3 Å². The number of H-pyrrole nitrogens is 1. The van der Waals surface area contributed by atoms with Crippen molar-refractivity contribution in [1.29, 1.82) is 0 Å². The highest BCUT2D eigenvalue weighted by Gasteiger charge is 2.45. The molecule has 118 valence electrons. The summed E-state index contributed by atoms with van der Waals surface area (Å²) in [4.78, 5) is 14.9. The molecule has 5 heteroatoms. The molecule has 1 aromatic carbocycles. The van der Waals surface area contributed by atoms with E-state index < -0.39 is 11.6 Å². The standard InChI is InChI=1S/C18H16ClNO3/c1-10-5-6-13(19)15-12-7-8-23-18(9-14(21)22,11-3-2-4-11)17(12)20-16(10)15/h2-6,20H,7-9H2,1H3,(H,21,22). The summed E-state index contributed by atoms with van der Waals surface area (Å²) in [6.07, 6.45) is 6.34. The van der Waals surface area contributed by atoms with E-state index in [1.54, 1.807) is 0 Å². The number of carbonyl (C=O) groups is 1. The highest BCUT2D eigenvalue weighted by atomic mass is 35.5. The lowest BCUT2D eigenvalue weighted by Crippen LogP contribution is -2.40. The van der Waals surface area contributed by atoms with Gasteiger partial charge in [0, 0.05) is 5.39 Å². The van der Waals surface area contributed by atoms with Crippen LogP contribution >= 0.6 is 11.6 Å². The number of carboxylic acid groups (broad SMARTS) is 1. The lowest BCUT2D eigenvalue weighted by atomic mass is 9.79. The zero-order chi connectivity index (χ0) is 16.2. The number of aromatic amines is 1. The molecule has 2 heterocycles. The Morgan fingerprint density at radius 1 is 1.48 bits per heavy atom. The SMILES string of the molecule is Cc1ccc(Cl)c2c3c([nH]c12)C(CC(=O)O)(C1=CC=C1)OCC3. The number of allylic oxidation sites excluding steroid dienone is 2. The van der Waals surface area contributed by atoms with Gasteiger partial charge in [-0.25, -0.2) is 0 Å². The number of rotatable bonds is 3. The molecule has 0 saturated carbocycles. The summed E-state index contributed by atoms with van der Waals surface area (Å²) < 4.78 is 6.04. The van der Waals surface area contributed by atoms with Crippen molar-refractivity contribution in [2.45, 2.75) is 25.4 Å². The van der Waals surface area contributed by atoms with Gasteiger partial charge >= 0.3 is 5.97 Å². The number of ether oxygens (including phenoxy) is 1. The third-order valence-electron chi connectivity index (χ3n) is 4.74. The molecule has 1 aliphatic heterocycles. The Labute approximate surface area is 138 Å². The number of hydrogen-bond donors (Lipinski definition) is 2. The van der Waals surface area contributed by atoms with Crippen LogP contribution in [0.4, 0.5) is 0 Å². The molecule has 0 radical (unpaired) electrons. The number of nitrogens with one attached hydrogen (secondary N) is 1. The first-order chi connectivity index (χ1) is 11.0. The van der Waals surface area contributed by atoms with Crippen LogP contribution in [0.3, 0.4) is 0 Å². The third-order valence-corrected chi connectivity index (χ3v) is 5.05. The van der Waals surface area contributed by atoms with Crippen molar-refractivity contribution in [1.82, 2.24) is 4.98 Å². The minimum absolute atomic E-state index is 0.111. The molecule has 0 saturated heterocycles. The largest absolute Gasteiger partial charge is 0.481 e. The van der Waals surface area contributed by atoms with E-state index in [0.717, 1.165) is 39.7 Å². The highest BCUT2D eigenvalue weighted by molar-refractivity contribution is 6.36. The molecule has 2 N–H and O–H groups in total. The lowest BCUT2D eigenvalue weighted by molar-refractivity contribution is -0.145. The predicted molar refractivity (Wildman–Crippen MR) is 88.9 cm³/mol. The number of halogens is 1.